The Morgan fingerprint density at radius 3 is 2.41 bits per heavy atom. The molecule has 4 heteroatoms. The van der Waals surface area contributed by atoms with Gasteiger partial charge >= 0.3 is 0 Å². The van der Waals surface area contributed by atoms with E-state index in [-0.39, 0.29) is 5.54 Å². The minimum absolute atomic E-state index is 0.131. The third kappa shape index (κ3) is 3.41. The Bertz CT molecular complexity index is 221. The molecule has 1 aliphatic carbocycles. The van der Waals surface area contributed by atoms with E-state index in [0.29, 0.717) is 6.10 Å². The highest BCUT2D eigenvalue weighted by atomic mass is 16.5. The summed E-state index contributed by atoms with van der Waals surface area (Å²) in [4.78, 5) is 0. The number of hydrazine groups is 1. The van der Waals surface area contributed by atoms with Gasteiger partial charge in [0, 0.05) is 32.3 Å². The summed E-state index contributed by atoms with van der Waals surface area (Å²) in [5, 5.41) is 2.39. The zero-order chi connectivity index (χ0) is 12.1. The number of piperidine rings is 1. The van der Waals surface area contributed by atoms with Gasteiger partial charge in [-0.2, -0.15) is 0 Å². The minimum Gasteiger partial charge on any atom is -0.381 e. The first-order chi connectivity index (χ1) is 8.28. The van der Waals surface area contributed by atoms with Crippen LogP contribution in [0.4, 0.5) is 0 Å². The lowest BCUT2D eigenvalue weighted by Crippen LogP contribution is -2.61. The van der Waals surface area contributed by atoms with Gasteiger partial charge in [-0.05, 0) is 38.5 Å². The van der Waals surface area contributed by atoms with Crippen LogP contribution in [-0.2, 0) is 4.74 Å². The van der Waals surface area contributed by atoms with Gasteiger partial charge in [-0.25, -0.2) is 10.4 Å². The number of nitrogens with zero attached hydrogens (tertiary/aromatic N) is 1. The Balaban J connectivity index is 1.86. The second kappa shape index (κ2) is 6.14. The molecule has 2 rings (SSSR count). The Hall–Kier alpha value is -0.160. The average Bonchev–Trinajstić information content (AvgIpc) is 2.41. The second-order valence-corrected chi connectivity index (χ2v) is 5.58. The lowest BCUT2D eigenvalue weighted by molar-refractivity contribution is 0.00763. The molecule has 1 heterocycles. The third-order valence-electron chi connectivity index (χ3n) is 4.37. The van der Waals surface area contributed by atoms with Gasteiger partial charge in [0.15, 0.2) is 0 Å². The zero-order valence-electron chi connectivity index (χ0n) is 11.1. The fourth-order valence-electron chi connectivity index (χ4n) is 3.08. The van der Waals surface area contributed by atoms with E-state index in [9.17, 15) is 0 Å². The Kier molecular flexibility index (Phi) is 4.79. The third-order valence-corrected chi connectivity index (χ3v) is 4.37. The number of hydrogen-bond donors (Lipinski definition) is 2. The molecule has 0 aromatic heterocycles. The highest BCUT2D eigenvalue weighted by Gasteiger charge is 2.35. The van der Waals surface area contributed by atoms with Crippen molar-refractivity contribution in [2.24, 2.45) is 5.73 Å². The molecule has 2 fully saturated rings. The molecule has 17 heavy (non-hydrogen) atoms. The summed E-state index contributed by atoms with van der Waals surface area (Å²) in [5.74, 6) is 0. The van der Waals surface area contributed by atoms with Crippen molar-refractivity contribution in [3.8, 4) is 0 Å². The topological polar surface area (TPSA) is 50.5 Å². The SMILES string of the molecule is COC1CCC(CN)(NN2CCCCC2)CC1. The largest absolute Gasteiger partial charge is 0.381 e. The molecule has 0 aromatic rings. The predicted molar refractivity (Wildman–Crippen MR) is 69.6 cm³/mol. The molecule has 100 valence electrons. The van der Waals surface area contributed by atoms with Crippen LogP contribution in [0.3, 0.4) is 0 Å². The summed E-state index contributed by atoms with van der Waals surface area (Å²) in [6, 6.07) is 0. The van der Waals surface area contributed by atoms with Gasteiger partial charge in [-0.3, -0.25) is 0 Å². The molecule has 1 aliphatic heterocycles. The predicted octanol–water partition coefficient (Wildman–Crippen LogP) is 1.26. The van der Waals surface area contributed by atoms with Crippen molar-refractivity contribution < 1.29 is 4.74 Å². The van der Waals surface area contributed by atoms with E-state index < -0.39 is 0 Å². The van der Waals surface area contributed by atoms with Gasteiger partial charge < -0.3 is 10.5 Å². The van der Waals surface area contributed by atoms with Crippen LogP contribution in [0.25, 0.3) is 0 Å². The molecule has 1 saturated heterocycles. The highest BCUT2D eigenvalue weighted by Crippen LogP contribution is 2.29. The van der Waals surface area contributed by atoms with Crippen LogP contribution in [0.2, 0.25) is 0 Å². The monoisotopic (exact) mass is 241 g/mol. The number of methoxy groups -OCH3 is 1. The normalized spacial score (nSPS) is 36.0. The average molecular weight is 241 g/mol. The van der Waals surface area contributed by atoms with Crippen molar-refractivity contribution in [3.05, 3.63) is 0 Å². The lowest BCUT2D eigenvalue weighted by Gasteiger charge is -2.44. The molecular weight excluding hydrogens is 214 g/mol. The number of hydrogen-bond acceptors (Lipinski definition) is 4. The Morgan fingerprint density at radius 1 is 1.24 bits per heavy atom. The molecule has 0 atom stereocenters. The number of nitrogens with one attached hydrogen (secondary N) is 1. The summed E-state index contributed by atoms with van der Waals surface area (Å²) in [7, 11) is 1.82. The van der Waals surface area contributed by atoms with Crippen LogP contribution in [-0.4, -0.2) is 43.4 Å². The van der Waals surface area contributed by atoms with Crippen molar-refractivity contribution in [1.29, 1.82) is 0 Å². The van der Waals surface area contributed by atoms with Crippen molar-refractivity contribution >= 4 is 0 Å². The molecule has 0 unspecified atom stereocenters. The maximum Gasteiger partial charge on any atom is 0.0572 e. The van der Waals surface area contributed by atoms with Gasteiger partial charge in [-0.15, -0.1) is 0 Å². The number of ether oxygens (including phenoxy) is 1. The smallest absolute Gasteiger partial charge is 0.0572 e. The van der Waals surface area contributed by atoms with Crippen LogP contribution in [0.5, 0.6) is 0 Å². The highest BCUT2D eigenvalue weighted by molar-refractivity contribution is 4.93. The van der Waals surface area contributed by atoms with Gasteiger partial charge in [-0.1, -0.05) is 6.42 Å². The van der Waals surface area contributed by atoms with Crippen LogP contribution < -0.4 is 11.2 Å². The first-order valence-electron chi connectivity index (χ1n) is 7.04. The quantitative estimate of drug-likeness (QED) is 0.778. The fraction of sp³-hybridized carbons (Fsp3) is 1.00. The van der Waals surface area contributed by atoms with Gasteiger partial charge in [0.05, 0.1) is 6.10 Å². The molecule has 4 nitrogen and oxygen atoms in total. The first kappa shape index (κ1) is 13.3. The maximum atomic E-state index is 6.01. The Labute approximate surface area is 105 Å². The zero-order valence-corrected chi connectivity index (χ0v) is 11.1. The number of rotatable bonds is 4. The van der Waals surface area contributed by atoms with E-state index in [1.54, 1.807) is 0 Å². The van der Waals surface area contributed by atoms with Gasteiger partial charge in [0.1, 0.15) is 0 Å². The van der Waals surface area contributed by atoms with Crippen LogP contribution in [0.15, 0.2) is 0 Å². The molecular formula is C13H27N3O. The molecule has 0 radical (unpaired) electrons. The van der Waals surface area contributed by atoms with Crippen LogP contribution >= 0.6 is 0 Å². The van der Waals surface area contributed by atoms with Crippen molar-refractivity contribution in [2.75, 3.05) is 26.7 Å². The van der Waals surface area contributed by atoms with Crippen molar-refractivity contribution in [2.45, 2.75) is 56.6 Å². The van der Waals surface area contributed by atoms with Gasteiger partial charge in [0.2, 0.25) is 0 Å². The van der Waals surface area contributed by atoms with E-state index in [0.717, 1.165) is 32.2 Å². The molecule has 2 aliphatic rings. The van der Waals surface area contributed by atoms with Crippen LogP contribution in [0, 0.1) is 0 Å². The molecule has 1 saturated carbocycles. The Morgan fingerprint density at radius 2 is 1.88 bits per heavy atom. The molecule has 0 amide bonds. The molecule has 0 spiro atoms. The lowest BCUT2D eigenvalue weighted by atomic mass is 9.81. The van der Waals surface area contributed by atoms with E-state index in [1.165, 1.54) is 32.4 Å². The maximum absolute atomic E-state index is 6.01. The van der Waals surface area contributed by atoms with E-state index in [4.69, 9.17) is 10.5 Å². The van der Waals surface area contributed by atoms with Crippen molar-refractivity contribution in [1.82, 2.24) is 10.4 Å². The molecule has 0 bridgehead atoms. The first-order valence-corrected chi connectivity index (χ1v) is 7.04. The van der Waals surface area contributed by atoms with Gasteiger partial charge in [0.25, 0.3) is 0 Å². The fourth-order valence-corrected chi connectivity index (χ4v) is 3.08. The summed E-state index contributed by atoms with van der Waals surface area (Å²) >= 11 is 0. The molecule has 3 N–H and O–H groups in total. The number of nitrogens with two attached hydrogens (primary N) is 1. The second-order valence-electron chi connectivity index (χ2n) is 5.58. The molecule has 0 aromatic carbocycles. The minimum atomic E-state index is 0.131. The summed E-state index contributed by atoms with van der Waals surface area (Å²) in [6.45, 7) is 3.09. The van der Waals surface area contributed by atoms with E-state index in [1.807, 2.05) is 7.11 Å². The van der Waals surface area contributed by atoms with Crippen LogP contribution in [0.1, 0.15) is 44.9 Å². The summed E-state index contributed by atoms with van der Waals surface area (Å²) in [5.41, 5.74) is 9.86. The summed E-state index contributed by atoms with van der Waals surface area (Å²) in [6.07, 6.45) is 8.99. The van der Waals surface area contributed by atoms with Crippen molar-refractivity contribution in [3.63, 3.8) is 0 Å². The van der Waals surface area contributed by atoms with E-state index in [2.05, 4.69) is 10.4 Å². The van der Waals surface area contributed by atoms with E-state index >= 15 is 0 Å². The summed E-state index contributed by atoms with van der Waals surface area (Å²) < 4.78 is 5.44. The standard InChI is InChI=1S/C13H27N3O/c1-17-12-5-7-13(11-14,8-6-12)15-16-9-3-2-4-10-16/h12,15H,2-11,14H2,1H3.